The summed E-state index contributed by atoms with van der Waals surface area (Å²) in [6, 6.07) is -0.787. The Hall–Kier alpha value is -1.14. The molecule has 1 aliphatic heterocycles. The molecule has 1 amide bonds. The predicted molar refractivity (Wildman–Crippen MR) is 77.6 cm³/mol. The minimum atomic E-state index is -0.956. The van der Waals surface area contributed by atoms with Crippen LogP contribution in [0.3, 0.4) is 0 Å². The normalized spacial score (nSPS) is 18.6. The molecule has 6 nitrogen and oxygen atoms in total. The third kappa shape index (κ3) is 4.45. The van der Waals surface area contributed by atoms with Gasteiger partial charge < -0.3 is 15.7 Å². The number of carbonyl (C=O) groups is 2. The average molecular weight is 285 g/mol. The second-order valence-electron chi connectivity index (χ2n) is 5.80. The lowest BCUT2D eigenvalue weighted by molar-refractivity contribution is -0.144. The molecule has 0 spiro atoms. The first kappa shape index (κ1) is 16.9. The predicted octanol–water partition coefficient (Wildman–Crippen LogP) is 0.430. The highest BCUT2D eigenvalue weighted by molar-refractivity contribution is 5.89. The second kappa shape index (κ2) is 7.59. The summed E-state index contributed by atoms with van der Waals surface area (Å²) < 4.78 is 0. The van der Waals surface area contributed by atoms with Crippen molar-refractivity contribution in [3.8, 4) is 0 Å². The van der Waals surface area contributed by atoms with Crippen LogP contribution < -0.4 is 10.6 Å². The Labute approximate surface area is 120 Å². The van der Waals surface area contributed by atoms with Gasteiger partial charge in [-0.1, -0.05) is 19.8 Å². The van der Waals surface area contributed by atoms with Crippen LogP contribution in [-0.4, -0.2) is 59.6 Å². The third-order valence-electron chi connectivity index (χ3n) is 3.91. The van der Waals surface area contributed by atoms with Gasteiger partial charge in [-0.3, -0.25) is 9.69 Å². The zero-order valence-electron chi connectivity index (χ0n) is 12.7. The first-order valence-corrected chi connectivity index (χ1v) is 7.39. The molecule has 0 aromatic heterocycles. The minimum Gasteiger partial charge on any atom is -0.480 e. The Bertz CT molecular complexity index is 339. The number of rotatable bonds is 7. The van der Waals surface area contributed by atoms with Gasteiger partial charge in [0.2, 0.25) is 5.91 Å². The SMILES string of the molecule is CCCCC(NC(=O)C(C)(C)N1CCNCC1)C(=O)O. The lowest BCUT2D eigenvalue weighted by Gasteiger charge is -2.40. The molecule has 1 fully saturated rings. The lowest BCUT2D eigenvalue weighted by atomic mass is 9.99. The van der Waals surface area contributed by atoms with Gasteiger partial charge in [-0.25, -0.2) is 4.79 Å². The summed E-state index contributed by atoms with van der Waals surface area (Å²) in [5, 5.41) is 15.1. The van der Waals surface area contributed by atoms with Crippen molar-refractivity contribution in [2.24, 2.45) is 0 Å². The first-order chi connectivity index (χ1) is 9.39. The van der Waals surface area contributed by atoms with Gasteiger partial charge in [0.05, 0.1) is 5.54 Å². The fraction of sp³-hybridized carbons (Fsp3) is 0.857. The van der Waals surface area contributed by atoms with Gasteiger partial charge in [0.1, 0.15) is 6.04 Å². The molecule has 1 rings (SSSR count). The van der Waals surface area contributed by atoms with Crippen LogP contribution in [0.2, 0.25) is 0 Å². The van der Waals surface area contributed by atoms with Gasteiger partial charge in [0.25, 0.3) is 0 Å². The van der Waals surface area contributed by atoms with Gasteiger partial charge in [-0.2, -0.15) is 0 Å². The number of nitrogens with one attached hydrogen (secondary N) is 2. The van der Waals surface area contributed by atoms with Gasteiger partial charge in [0, 0.05) is 26.2 Å². The fourth-order valence-electron chi connectivity index (χ4n) is 2.37. The first-order valence-electron chi connectivity index (χ1n) is 7.39. The maximum absolute atomic E-state index is 12.4. The molecular formula is C14H27N3O3. The highest BCUT2D eigenvalue weighted by atomic mass is 16.4. The van der Waals surface area contributed by atoms with Crippen molar-refractivity contribution in [1.82, 2.24) is 15.5 Å². The number of hydrogen-bond donors (Lipinski definition) is 3. The monoisotopic (exact) mass is 285 g/mol. The number of aliphatic carboxylic acids is 1. The second-order valence-corrected chi connectivity index (χ2v) is 5.80. The number of carboxylic acid groups (broad SMARTS) is 1. The van der Waals surface area contributed by atoms with Crippen LogP contribution in [0, 0.1) is 0 Å². The Balaban J connectivity index is 2.63. The molecule has 0 aliphatic carbocycles. The molecule has 0 bridgehead atoms. The van der Waals surface area contributed by atoms with E-state index in [0.29, 0.717) is 6.42 Å². The molecule has 6 heteroatoms. The maximum atomic E-state index is 12.4. The fourth-order valence-corrected chi connectivity index (χ4v) is 2.37. The van der Waals surface area contributed by atoms with Crippen LogP contribution >= 0.6 is 0 Å². The standard InChI is InChI=1S/C14H27N3O3/c1-4-5-6-11(12(18)19)16-13(20)14(2,3)17-9-7-15-8-10-17/h11,15H,4-10H2,1-3H3,(H,16,20)(H,18,19). The quantitative estimate of drug-likeness (QED) is 0.632. The van der Waals surface area contributed by atoms with Crippen LogP contribution in [0.4, 0.5) is 0 Å². The molecule has 1 atom stereocenters. The highest BCUT2D eigenvalue weighted by Crippen LogP contribution is 2.16. The third-order valence-corrected chi connectivity index (χ3v) is 3.91. The van der Waals surface area contributed by atoms with E-state index in [-0.39, 0.29) is 5.91 Å². The summed E-state index contributed by atoms with van der Waals surface area (Å²) in [6.07, 6.45) is 2.20. The van der Waals surface area contributed by atoms with E-state index < -0.39 is 17.6 Å². The Morgan fingerprint density at radius 2 is 1.95 bits per heavy atom. The van der Waals surface area contributed by atoms with Crippen molar-refractivity contribution in [3.63, 3.8) is 0 Å². The summed E-state index contributed by atoms with van der Waals surface area (Å²) >= 11 is 0. The summed E-state index contributed by atoms with van der Waals surface area (Å²) in [4.78, 5) is 25.7. The summed E-state index contributed by atoms with van der Waals surface area (Å²) in [7, 11) is 0. The molecule has 1 saturated heterocycles. The molecule has 1 heterocycles. The van der Waals surface area contributed by atoms with Crippen molar-refractivity contribution in [3.05, 3.63) is 0 Å². The topological polar surface area (TPSA) is 81.7 Å². The molecule has 20 heavy (non-hydrogen) atoms. The average Bonchev–Trinajstić information content (AvgIpc) is 2.43. The van der Waals surface area contributed by atoms with Crippen molar-refractivity contribution in [2.45, 2.75) is 51.6 Å². The van der Waals surface area contributed by atoms with Crippen molar-refractivity contribution in [1.29, 1.82) is 0 Å². The molecule has 1 aliphatic rings. The highest BCUT2D eigenvalue weighted by Gasteiger charge is 2.36. The van der Waals surface area contributed by atoms with E-state index in [1.165, 1.54) is 0 Å². The van der Waals surface area contributed by atoms with Crippen molar-refractivity contribution >= 4 is 11.9 Å². The molecule has 1 unspecified atom stereocenters. The number of carboxylic acids is 1. The number of amides is 1. The van der Waals surface area contributed by atoms with E-state index in [2.05, 4.69) is 15.5 Å². The van der Waals surface area contributed by atoms with Crippen LogP contribution in [0.5, 0.6) is 0 Å². The van der Waals surface area contributed by atoms with Crippen molar-refractivity contribution < 1.29 is 14.7 Å². The molecule has 116 valence electrons. The smallest absolute Gasteiger partial charge is 0.326 e. The summed E-state index contributed by atoms with van der Waals surface area (Å²) in [6.45, 7) is 9.02. The molecular weight excluding hydrogens is 258 g/mol. The van der Waals surface area contributed by atoms with E-state index in [0.717, 1.165) is 39.0 Å². The molecule has 0 aromatic rings. The van der Waals surface area contributed by atoms with Gasteiger partial charge in [0.15, 0.2) is 0 Å². The summed E-state index contributed by atoms with van der Waals surface area (Å²) in [5.41, 5.74) is -0.679. The van der Waals surface area contributed by atoms with Crippen LogP contribution in [-0.2, 0) is 9.59 Å². The van der Waals surface area contributed by atoms with E-state index in [4.69, 9.17) is 0 Å². The van der Waals surface area contributed by atoms with Crippen LogP contribution in [0.15, 0.2) is 0 Å². The largest absolute Gasteiger partial charge is 0.480 e. The van der Waals surface area contributed by atoms with E-state index in [1.807, 2.05) is 20.8 Å². The zero-order chi connectivity index (χ0) is 15.2. The molecule has 0 saturated carbocycles. The van der Waals surface area contributed by atoms with Crippen molar-refractivity contribution in [2.75, 3.05) is 26.2 Å². The lowest BCUT2D eigenvalue weighted by Crippen LogP contribution is -2.61. The zero-order valence-corrected chi connectivity index (χ0v) is 12.7. The molecule has 0 aromatic carbocycles. The van der Waals surface area contributed by atoms with Crippen LogP contribution in [0.25, 0.3) is 0 Å². The van der Waals surface area contributed by atoms with Gasteiger partial charge in [-0.05, 0) is 20.3 Å². The Morgan fingerprint density at radius 3 is 2.45 bits per heavy atom. The van der Waals surface area contributed by atoms with E-state index >= 15 is 0 Å². The van der Waals surface area contributed by atoms with E-state index in [9.17, 15) is 14.7 Å². The van der Waals surface area contributed by atoms with Gasteiger partial charge >= 0.3 is 5.97 Å². The van der Waals surface area contributed by atoms with Crippen LogP contribution in [0.1, 0.15) is 40.0 Å². The maximum Gasteiger partial charge on any atom is 0.326 e. The molecule has 3 N–H and O–H groups in total. The Morgan fingerprint density at radius 1 is 1.35 bits per heavy atom. The summed E-state index contributed by atoms with van der Waals surface area (Å²) in [5.74, 6) is -1.16. The number of carbonyl (C=O) groups excluding carboxylic acids is 1. The number of piperazine rings is 1. The molecule has 0 radical (unpaired) electrons. The minimum absolute atomic E-state index is 0.206. The Kier molecular flexibility index (Phi) is 6.42. The van der Waals surface area contributed by atoms with E-state index in [1.54, 1.807) is 0 Å². The number of nitrogens with zero attached hydrogens (tertiary/aromatic N) is 1. The number of hydrogen-bond acceptors (Lipinski definition) is 4. The number of unbranched alkanes of at least 4 members (excludes halogenated alkanes) is 1. The van der Waals surface area contributed by atoms with Gasteiger partial charge in [-0.15, -0.1) is 0 Å².